The topological polar surface area (TPSA) is 50.9 Å². The van der Waals surface area contributed by atoms with E-state index in [4.69, 9.17) is 5.73 Å². The van der Waals surface area contributed by atoms with Gasteiger partial charge < -0.3 is 11.1 Å². The number of hydrogen-bond donors (Lipinski definition) is 2. The summed E-state index contributed by atoms with van der Waals surface area (Å²) in [5.74, 6) is 0. The molecular formula is C22H19N3. The lowest BCUT2D eigenvalue weighted by atomic mass is 9.99. The highest BCUT2D eigenvalue weighted by atomic mass is 14.9. The molecule has 0 aliphatic carbocycles. The second-order valence-electron chi connectivity index (χ2n) is 6.01. The van der Waals surface area contributed by atoms with E-state index in [9.17, 15) is 0 Å². The molecule has 4 rings (SSSR count). The van der Waals surface area contributed by atoms with Crippen molar-refractivity contribution in [1.29, 1.82) is 0 Å². The van der Waals surface area contributed by atoms with Crippen molar-refractivity contribution in [1.82, 2.24) is 4.98 Å². The van der Waals surface area contributed by atoms with Crippen molar-refractivity contribution in [2.24, 2.45) is 0 Å². The number of rotatable bonds is 4. The lowest BCUT2D eigenvalue weighted by Crippen LogP contribution is -2.02. The smallest absolute Gasteiger partial charge is 0.0724 e. The van der Waals surface area contributed by atoms with E-state index in [1.54, 1.807) is 0 Å². The molecule has 0 saturated carbocycles. The van der Waals surface area contributed by atoms with Gasteiger partial charge in [-0.2, -0.15) is 0 Å². The number of fused-ring (bicyclic) bond motifs is 1. The normalized spacial score (nSPS) is 10.7. The van der Waals surface area contributed by atoms with Gasteiger partial charge in [-0.1, -0.05) is 54.6 Å². The van der Waals surface area contributed by atoms with Crippen molar-refractivity contribution in [3.63, 3.8) is 0 Å². The summed E-state index contributed by atoms with van der Waals surface area (Å²) in [7, 11) is 0. The minimum absolute atomic E-state index is 0.735. The Morgan fingerprint density at radius 1 is 0.840 bits per heavy atom. The van der Waals surface area contributed by atoms with Crippen molar-refractivity contribution >= 4 is 22.3 Å². The first-order valence-electron chi connectivity index (χ1n) is 8.33. The number of nitrogens with zero attached hydrogens (tertiary/aromatic N) is 1. The fourth-order valence-electron chi connectivity index (χ4n) is 3.08. The highest BCUT2D eigenvalue weighted by Gasteiger charge is 2.06. The standard InChI is InChI=1S/C22H19N3/c23-18-10-11-21-20(14-18)22(12-13-24-21)25-15-17-8-4-5-9-19(17)16-6-2-1-3-7-16/h1-14H,15,23H2,(H,24,25). The molecule has 3 nitrogen and oxygen atoms in total. The van der Waals surface area contributed by atoms with E-state index in [1.165, 1.54) is 16.7 Å². The molecule has 0 amide bonds. The summed E-state index contributed by atoms with van der Waals surface area (Å²) >= 11 is 0. The minimum atomic E-state index is 0.735. The second-order valence-corrected chi connectivity index (χ2v) is 6.01. The van der Waals surface area contributed by atoms with E-state index in [-0.39, 0.29) is 0 Å². The molecule has 0 aliphatic heterocycles. The van der Waals surface area contributed by atoms with Crippen LogP contribution >= 0.6 is 0 Å². The molecule has 0 bridgehead atoms. The molecule has 122 valence electrons. The first-order chi connectivity index (χ1) is 12.3. The monoisotopic (exact) mass is 325 g/mol. The summed E-state index contributed by atoms with van der Waals surface area (Å²) in [5.41, 5.74) is 12.4. The van der Waals surface area contributed by atoms with Crippen LogP contribution < -0.4 is 11.1 Å². The predicted octanol–water partition coefficient (Wildman–Crippen LogP) is 5.10. The zero-order valence-electron chi connectivity index (χ0n) is 13.8. The molecule has 0 radical (unpaired) electrons. The Balaban J connectivity index is 1.66. The molecule has 1 heterocycles. The summed E-state index contributed by atoms with van der Waals surface area (Å²) in [4.78, 5) is 4.41. The zero-order valence-corrected chi connectivity index (χ0v) is 13.8. The molecule has 0 fully saturated rings. The maximum atomic E-state index is 5.94. The van der Waals surface area contributed by atoms with Crippen LogP contribution in [0.4, 0.5) is 11.4 Å². The van der Waals surface area contributed by atoms with Crippen LogP contribution in [0.15, 0.2) is 85.1 Å². The molecule has 1 aromatic heterocycles. The molecule has 25 heavy (non-hydrogen) atoms. The third kappa shape index (κ3) is 3.17. The Labute approximate surface area is 147 Å². The first-order valence-corrected chi connectivity index (χ1v) is 8.33. The molecule has 3 heteroatoms. The third-order valence-corrected chi connectivity index (χ3v) is 4.34. The van der Waals surface area contributed by atoms with E-state index in [0.717, 1.165) is 28.8 Å². The van der Waals surface area contributed by atoms with Gasteiger partial charge in [0.1, 0.15) is 0 Å². The van der Waals surface area contributed by atoms with Gasteiger partial charge in [0.2, 0.25) is 0 Å². The number of nitrogens with two attached hydrogens (primary N) is 1. The van der Waals surface area contributed by atoms with Gasteiger partial charge in [0.25, 0.3) is 0 Å². The fraction of sp³-hybridized carbons (Fsp3) is 0.0455. The van der Waals surface area contributed by atoms with Crippen molar-refractivity contribution in [3.8, 4) is 11.1 Å². The van der Waals surface area contributed by atoms with Gasteiger partial charge in [-0.15, -0.1) is 0 Å². The largest absolute Gasteiger partial charge is 0.399 e. The van der Waals surface area contributed by atoms with E-state index in [0.29, 0.717) is 0 Å². The zero-order chi connectivity index (χ0) is 17.1. The fourth-order valence-corrected chi connectivity index (χ4v) is 3.08. The van der Waals surface area contributed by atoms with Crippen molar-refractivity contribution in [2.75, 3.05) is 11.1 Å². The van der Waals surface area contributed by atoms with Crippen molar-refractivity contribution in [3.05, 3.63) is 90.6 Å². The Hall–Kier alpha value is -3.33. The van der Waals surface area contributed by atoms with Gasteiger partial charge in [-0.25, -0.2) is 0 Å². The Bertz CT molecular complexity index is 1010. The molecule has 3 N–H and O–H groups in total. The van der Waals surface area contributed by atoms with Crippen LogP contribution in [0.3, 0.4) is 0 Å². The highest BCUT2D eigenvalue weighted by Crippen LogP contribution is 2.27. The molecule has 0 atom stereocenters. The SMILES string of the molecule is Nc1ccc2nccc(NCc3ccccc3-c3ccccc3)c2c1. The van der Waals surface area contributed by atoms with Crippen LogP contribution in [-0.4, -0.2) is 4.98 Å². The summed E-state index contributed by atoms with van der Waals surface area (Å²) < 4.78 is 0. The molecule has 0 unspecified atom stereocenters. The van der Waals surface area contributed by atoms with E-state index in [2.05, 4.69) is 58.8 Å². The average Bonchev–Trinajstić information content (AvgIpc) is 2.67. The predicted molar refractivity (Wildman–Crippen MR) is 105 cm³/mol. The maximum absolute atomic E-state index is 5.94. The Morgan fingerprint density at radius 3 is 2.52 bits per heavy atom. The number of anilines is 2. The minimum Gasteiger partial charge on any atom is -0.399 e. The lowest BCUT2D eigenvalue weighted by Gasteiger charge is -2.13. The quantitative estimate of drug-likeness (QED) is 0.513. The second kappa shape index (κ2) is 6.65. The summed E-state index contributed by atoms with van der Waals surface area (Å²) in [6, 6.07) is 26.7. The van der Waals surface area contributed by atoms with E-state index >= 15 is 0 Å². The van der Waals surface area contributed by atoms with Crippen molar-refractivity contribution < 1.29 is 0 Å². The van der Waals surface area contributed by atoms with Crippen LogP contribution in [0.5, 0.6) is 0 Å². The van der Waals surface area contributed by atoms with E-state index < -0.39 is 0 Å². The van der Waals surface area contributed by atoms with Crippen LogP contribution in [0.1, 0.15) is 5.56 Å². The Morgan fingerprint density at radius 2 is 1.64 bits per heavy atom. The Kier molecular flexibility index (Phi) is 4.05. The van der Waals surface area contributed by atoms with Gasteiger partial charge in [-0.3, -0.25) is 4.98 Å². The van der Waals surface area contributed by atoms with Gasteiger partial charge in [0.05, 0.1) is 5.52 Å². The van der Waals surface area contributed by atoms with Crippen LogP contribution in [0, 0.1) is 0 Å². The maximum Gasteiger partial charge on any atom is 0.0724 e. The highest BCUT2D eigenvalue weighted by molar-refractivity contribution is 5.93. The van der Waals surface area contributed by atoms with Gasteiger partial charge in [-0.05, 0) is 41.0 Å². The molecule has 0 spiro atoms. The molecule has 3 aromatic carbocycles. The molecular weight excluding hydrogens is 306 g/mol. The number of hydrogen-bond acceptors (Lipinski definition) is 3. The number of nitrogen functional groups attached to an aromatic ring is 1. The van der Waals surface area contributed by atoms with Gasteiger partial charge in [0.15, 0.2) is 0 Å². The number of nitrogens with one attached hydrogen (secondary N) is 1. The molecule has 0 saturated heterocycles. The van der Waals surface area contributed by atoms with E-state index in [1.807, 2.05) is 36.5 Å². The third-order valence-electron chi connectivity index (χ3n) is 4.34. The summed E-state index contributed by atoms with van der Waals surface area (Å²) in [6.07, 6.45) is 1.82. The number of aromatic nitrogens is 1. The summed E-state index contributed by atoms with van der Waals surface area (Å²) in [6.45, 7) is 0.735. The van der Waals surface area contributed by atoms with Crippen LogP contribution in [-0.2, 0) is 6.54 Å². The lowest BCUT2D eigenvalue weighted by molar-refractivity contribution is 1.15. The average molecular weight is 325 g/mol. The molecule has 0 aliphatic rings. The summed E-state index contributed by atoms with van der Waals surface area (Å²) in [5, 5.41) is 4.59. The van der Waals surface area contributed by atoms with Crippen LogP contribution in [0.2, 0.25) is 0 Å². The number of pyridine rings is 1. The van der Waals surface area contributed by atoms with Crippen LogP contribution in [0.25, 0.3) is 22.0 Å². The first kappa shape index (κ1) is 15.2. The van der Waals surface area contributed by atoms with Crippen molar-refractivity contribution in [2.45, 2.75) is 6.54 Å². The number of benzene rings is 3. The molecule has 4 aromatic rings. The van der Waals surface area contributed by atoms with Gasteiger partial charge >= 0.3 is 0 Å². The van der Waals surface area contributed by atoms with Gasteiger partial charge in [0, 0.05) is 29.5 Å².